The number of hydrogen-bond donors (Lipinski definition) is 1. The monoisotopic (exact) mass is 472 g/mol. The SMILES string of the molecule is CCCSc1ccc(-c2nn(-c3ccccc3)cc2C=C(C#N)C(=O)NCC2CCCO2)cc1. The number of nitriles is 1. The second kappa shape index (κ2) is 11.7. The van der Waals surface area contributed by atoms with E-state index in [2.05, 4.69) is 30.4 Å². The lowest BCUT2D eigenvalue weighted by atomic mass is 10.1. The minimum absolute atomic E-state index is 0.0179. The van der Waals surface area contributed by atoms with Crippen LogP contribution in [0.15, 0.2) is 71.3 Å². The van der Waals surface area contributed by atoms with Gasteiger partial charge >= 0.3 is 0 Å². The van der Waals surface area contributed by atoms with Gasteiger partial charge in [-0.1, -0.05) is 37.3 Å². The molecule has 1 aromatic heterocycles. The number of hydrogen-bond acceptors (Lipinski definition) is 5. The van der Waals surface area contributed by atoms with Crippen LogP contribution in [-0.4, -0.2) is 40.7 Å². The van der Waals surface area contributed by atoms with Gasteiger partial charge in [-0.15, -0.1) is 11.8 Å². The van der Waals surface area contributed by atoms with E-state index in [9.17, 15) is 10.1 Å². The molecule has 1 amide bonds. The summed E-state index contributed by atoms with van der Waals surface area (Å²) in [6.45, 7) is 3.30. The number of amides is 1. The number of nitrogens with zero attached hydrogens (tertiary/aromatic N) is 3. The van der Waals surface area contributed by atoms with Gasteiger partial charge in [0.05, 0.1) is 17.5 Å². The zero-order valence-electron chi connectivity index (χ0n) is 19.2. The van der Waals surface area contributed by atoms with E-state index in [1.807, 2.05) is 60.4 Å². The van der Waals surface area contributed by atoms with Gasteiger partial charge in [0.1, 0.15) is 11.6 Å². The van der Waals surface area contributed by atoms with Crippen LogP contribution in [0.1, 0.15) is 31.7 Å². The Hall–Kier alpha value is -3.34. The first kappa shape index (κ1) is 23.8. The molecule has 2 heterocycles. The van der Waals surface area contributed by atoms with Crippen molar-refractivity contribution >= 4 is 23.7 Å². The van der Waals surface area contributed by atoms with Crippen molar-refractivity contribution in [3.63, 3.8) is 0 Å². The van der Waals surface area contributed by atoms with Gasteiger partial charge in [0, 0.05) is 35.4 Å². The molecular weight excluding hydrogens is 444 g/mol. The Kier molecular flexibility index (Phi) is 8.18. The van der Waals surface area contributed by atoms with Crippen molar-refractivity contribution in [2.75, 3.05) is 18.9 Å². The number of para-hydroxylation sites is 1. The van der Waals surface area contributed by atoms with E-state index < -0.39 is 5.91 Å². The molecule has 2 aromatic carbocycles. The molecule has 174 valence electrons. The van der Waals surface area contributed by atoms with Crippen LogP contribution >= 0.6 is 11.8 Å². The minimum atomic E-state index is -0.400. The number of carbonyl (C=O) groups excluding carboxylic acids is 1. The van der Waals surface area contributed by atoms with Crippen LogP contribution < -0.4 is 5.32 Å². The first-order chi connectivity index (χ1) is 16.7. The fourth-order valence-electron chi connectivity index (χ4n) is 3.77. The van der Waals surface area contributed by atoms with E-state index in [4.69, 9.17) is 9.84 Å². The third-order valence-corrected chi connectivity index (χ3v) is 6.76. The van der Waals surface area contributed by atoms with E-state index in [1.165, 1.54) is 4.90 Å². The molecule has 1 saturated heterocycles. The average molecular weight is 473 g/mol. The summed E-state index contributed by atoms with van der Waals surface area (Å²) in [6, 6.07) is 20.1. The minimum Gasteiger partial charge on any atom is -0.376 e. The van der Waals surface area contributed by atoms with Gasteiger partial charge < -0.3 is 10.1 Å². The van der Waals surface area contributed by atoms with Crippen LogP contribution in [0, 0.1) is 11.3 Å². The maximum absolute atomic E-state index is 12.7. The number of benzene rings is 2. The second-order valence-electron chi connectivity index (χ2n) is 8.10. The van der Waals surface area contributed by atoms with Crippen LogP contribution in [0.25, 0.3) is 23.0 Å². The molecule has 1 aliphatic rings. The largest absolute Gasteiger partial charge is 0.376 e. The van der Waals surface area contributed by atoms with Gasteiger partial charge in [-0.3, -0.25) is 4.79 Å². The Morgan fingerprint density at radius 3 is 2.74 bits per heavy atom. The smallest absolute Gasteiger partial charge is 0.262 e. The van der Waals surface area contributed by atoms with E-state index in [0.717, 1.165) is 48.6 Å². The van der Waals surface area contributed by atoms with Crippen LogP contribution in [0.4, 0.5) is 0 Å². The molecule has 6 nitrogen and oxygen atoms in total. The third-order valence-electron chi connectivity index (χ3n) is 5.54. The van der Waals surface area contributed by atoms with Crippen molar-refractivity contribution in [1.82, 2.24) is 15.1 Å². The van der Waals surface area contributed by atoms with Gasteiger partial charge in [-0.25, -0.2) is 4.68 Å². The van der Waals surface area contributed by atoms with Gasteiger partial charge in [0.15, 0.2) is 0 Å². The summed E-state index contributed by atoms with van der Waals surface area (Å²) in [7, 11) is 0. The molecular formula is C27H28N4O2S. The van der Waals surface area contributed by atoms with Crippen molar-refractivity contribution in [3.05, 3.63) is 71.9 Å². The second-order valence-corrected chi connectivity index (χ2v) is 9.27. The first-order valence-electron chi connectivity index (χ1n) is 11.6. The Morgan fingerprint density at radius 2 is 2.06 bits per heavy atom. The van der Waals surface area contributed by atoms with Crippen LogP contribution in [0.3, 0.4) is 0 Å². The third kappa shape index (κ3) is 5.96. The first-order valence-corrected chi connectivity index (χ1v) is 12.6. The Labute approximate surface area is 204 Å². The number of carbonyl (C=O) groups is 1. The molecule has 7 heteroatoms. The highest BCUT2D eigenvalue weighted by Crippen LogP contribution is 2.28. The molecule has 1 atom stereocenters. The molecule has 1 fully saturated rings. The van der Waals surface area contributed by atoms with E-state index in [0.29, 0.717) is 12.1 Å². The number of ether oxygens (including phenoxy) is 1. The standard InChI is InChI=1S/C27H28N4O2S/c1-2-15-34-25-12-10-20(11-13-25)26-22(19-31(30-26)23-7-4-3-5-8-23)16-21(17-28)27(32)29-18-24-9-6-14-33-24/h3-5,7-8,10-13,16,19,24H,2,6,9,14-15,18H2,1H3,(H,29,32). The van der Waals surface area contributed by atoms with E-state index in [1.54, 1.807) is 10.8 Å². The molecule has 3 aromatic rings. The summed E-state index contributed by atoms with van der Waals surface area (Å²) < 4.78 is 7.34. The van der Waals surface area contributed by atoms with Gasteiger partial charge in [0.25, 0.3) is 5.91 Å². The van der Waals surface area contributed by atoms with Gasteiger partial charge in [0.2, 0.25) is 0 Å². The lowest BCUT2D eigenvalue weighted by Gasteiger charge is -2.10. The summed E-state index contributed by atoms with van der Waals surface area (Å²) in [4.78, 5) is 13.9. The number of aromatic nitrogens is 2. The van der Waals surface area contributed by atoms with Crippen molar-refractivity contribution in [3.8, 4) is 23.0 Å². The predicted octanol–water partition coefficient (Wildman–Crippen LogP) is 5.24. The summed E-state index contributed by atoms with van der Waals surface area (Å²) >= 11 is 1.82. The highest BCUT2D eigenvalue weighted by molar-refractivity contribution is 7.99. The van der Waals surface area contributed by atoms with E-state index in [-0.39, 0.29) is 11.7 Å². The van der Waals surface area contributed by atoms with Gasteiger partial charge in [-0.2, -0.15) is 10.4 Å². The fourth-order valence-corrected chi connectivity index (χ4v) is 4.54. The topological polar surface area (TPSA) is 79.9 Å². The Balaban J connectivity index is 1.64. The molecule has 1 N–H and O–H groups in total. The molecule has 0 bridgehead atoms. The van der Waals surface area contributed by atoms with Crippen molar-refractivity contribution in [1.29, 1.82) is 5.26 Å². The quantitative estimate of drug-likeness (QED) is 0.262. The molecule has 34 heavy (non-hydrogen) atoms. The van der Waals surface area contributed by atoms with Crippen molar-refractivity contribution < 1.29 is 9.53 Å². The maximum atomic E-state index is 12.7. The molecule has 4 rings (SSSR count). The Bertz CT molecular complexity index is 1170. The Morgan fingerprint density at radius 1 is 1.26 bits per heavy atom. The highest BCUT2D eigenvalue weighted by Gasteiger charge is 2.19. The predicted molar refractivity (Wildman–Crippen MR) is 136 cm³/mol. The molecule has 0 spiro atoms. The average Bonchev–Trinajstić information content (AvgIpc) is 3.56. The van der Waals surface area contributed by atoms with E-state index >= 15 is 0 Å². The van der Waals surface area contributed by atoms with Crippen molar-refractivity contribution in [2.24, 2.45) is 0 Å². The van der Waals surface area contributed by atoms with Crippen LogP contribution in [-0.2, 0) is 9.53 Å². The highest BCUT2D eigenvalue weighted by atomic mass is 32.2. The molecule has 0 radical (unpaired) electrons. The molecule has 1 unspecified atom stereocenters. The summed E-state index contributed by atoms with van der Waals surface area (Å²) in [5.41, 5.74) is 3.30. The van der Waals surface area contributed by atoms with Crippen LogP contribution in [0.5, 0.6) is 0 Å². The zero-order chi connectivity index (χ0) is 23.8. The number of rotatable bonds is 9. The zero-order valence-corrected chi connectivity index (χ0v) is 20.1. The number of thioether (sulfide) groups is 1. The molecule has 1 aliphatic heterocycles. The lowest BCUT2D eigenvalue weighted by molar-refractivity contribution is -0.117. The lowest BCUT2D eigenvalue weighted by Crippen LogP contribution is -2.32. The maximum Gasteiger partial charge on any atom is 0.262 e. The molecule has 0 aliphatic carbocycles. The van der Waals surface area contributed by atoms with Gasteiger partial charge in [-0.05, 0) is 55.4 Å². The summed E-state index contributed by atoms with van der Waals surface area (Å²) in [5, 5.41) is 17.4. The fraction of sp³-hybridized carbons (Fsp3) is 0.296. The molecule has 0 saturated carbocycles. The number of nitrogens with one attached hydrogen (secondary N) is 1. The normalized spacial score (nSPS) is 15.8. The van der Waals surface area contributed by atoms with Crippen LogP contribution in [0.2, 0.25) is 0 Å². The summed E-state index contributed by atoms with van der Waals surface area (Å²) in [5.74, 6) is 0.672. The summed E-state index contributed by atoms with van der Waals surface area (Å²) in [6.07, 6.45) is 6.53. The van der Waals surface area contributed by atoms with Crippen molar-refractivity contribution in [2.45, 2.75) is 37.2 Å².